The monoisotopic (exact) mass is 244 g/mol. The average Bonchev–Trinajstić information content (AvgIpc) is 2.35. The van der Waals surface area contributed by atoms with Crippen molar-refractivity contribution >= 4 is 0 Å². The van der Waals surface area contributed by atoms with Gasteiger partial charge in [-0.25, -0.2) is 0 Å². The van der Waals surface area contributed by atoms with E-state index in [0.717, 1.165) is 32.0 Å². The zero-order valence-corrected chi connectivity index (χ0v) is 11.2. The van der Waals surface area contributed by atoms with Gasteiger partial charge in [0.05, 0.1) is 13.2 Å². The first-order chi connectivity index (χ1) is 8.36. The molecule has 1 fully saturated rings. The van der Waals surface area contributed by atoms with Crippen molar-refractivity contribution in [2.24, 2.45) is 11.7 Å². The second-order valence-corrected chi connectivity index (χ2v) is 4.84. The van der Waals surface area contributed by atoms with Crippen LogP contribution in [0.1, 0.15) is 25.7 Å². The molecule has 0 aromatic carbocycles. The molecule has 0 radical (unpaired) electrons. The van der Waals surface area contributed by atoms with Crippen LogP contribution in [-0.2, 0) is 9.47 Å². The third-order valence-corrected chi connectivity index (χ3v) is 3.37. The van der Waals surface area contributed by atoms with E-state index in [1.54, 1.807) is 7.11 Å². The van der Waals surface area contributed by atoms with Crippen LogP contribution in [-0.4, -0.2) is 58.0 Å². The quantitative estimate of drug-likeness (QED) is 0.617. The summed E-state index contributed by atoms with van der Waals surface area (Å²) in [6.07, 6.45) is 4.99. The van der Waals surface area contributed by atoms with Gasteiger partial charge in [-0.1, -0.05) is 0 Å². The smallest absolute Gasteiger partial charge is 0.0700 e. The Labute approximate surface area is 105 Å². The molecule has 102 valence electrons. The summed E-state index contributed by atoms with van der Waals surface area (Å²) >= 11 is 0. The summed E-state index contributed by atoms with van der Waals surface area (Å²) in [7, 11) is 1.70. The molecule has 0 spiro atoms. The third-order valence-electron chi connectivity index (χ3n) is 3.37. The zero-order chi connectivity index (χ0) is 12.3. The number of hydrogen-bond donors (Lipinski definition) is 1. The molecule has 4 nitrogen and oxygen atoms in total. The number of nitrogens with zero attached hydrogens (tertiary/aromatic N) is 1. The van der Waals surface area contributed by atoms with Crippen LogP contribution < -0.4 is 5.73 Å². The highest BCUT2D eigenvalue weighted by Crippen LogP contribution is 2.18. The minimum atomic E-state index is 0.697. The predicted molar refractivity (Wildman–Crippen MR) is 70.1 cm³/mol. The van der Waals surface area contributed by atoms with Crippen LogP contribution in [0.25, 0.3) is 0 Å². The molecule has 1 heterocycles. The molecular formula is C13H28N2O2. The lowest BCUT2D eigenvalue weighted by molar-refractivity contribution is 0.0622. The van der Waals surface area contributed by atoms with E-state index in [4.69, 9.17) is 15.2 Å². The summed E-state index contributed by atoms with van der Waals surface area (Å²) in [5.41, 5.74) is 5.62. The van der Waals surface area contributed by atoms with Crippen LogP contribution in [0.4, 0.5) is 0 Å². The van der Waals surface area contributed by atoms with Crippen molar-refractivity contribution < 1.29 is 9.47 Å². The highest BCUT2D eigenvalue weighted by molar-refractivity contribution is 4.73. The minimum Gasteiger partial charge on any atom is -0.382 e. The van der Waals surface area contributed by atoms with Crippen molar-refractivity contribution in [1.29, 1.82) is 0 Å². The molecule has 2 N–H and O–H groups in total. The molecule has 1 aliphatic heterocycles. The summed E-state index contributed by atoms with van der Waals surface area (Å²) in [4.78, 5) is 2.56. The fraction of sp³-hybridized carbons (Fsp3) is 1.00. The van der Waals surface area contributed by atoms with Gasteiger partial charge >= 0.3 is 0 Å². The molecule has 0 aromatic heterocycles. The van der Waals surface area contributed by atoms with Gasteiger partial charge in [-0.15, -0.1) is 0 Å². The Kier molecular flexibility index (Phi) is 8.61. The first-order valence-electron chi connectivity index (χ1n) is 6.86. The Hall–Kier alpha value is -0.160. The number of hydrogen-bond acceptors (Lipinski definition) is 4. The van der Waals surface area contributed by atoms with Crippen LogP contribution in [0.15, 0.2) is 0 Å². The first kappa shape index (κ1) is 14.9. The van der Waals surface area contributed by atoms with Crippen LogP contribution >= 0.6 is 0 Å². The van der Waals surface area contributed by atoms with Gasteiger partial charge in [-0.2, -0.15) is 0 Å². The first-order valence-corrected chi connectivity index (χ1v) is 6.86. The van der Waals surface area contributed by atoms with Gasteiger partial charge in [0.2, 0.25) is 0 Å². The average molecular weight is 244 g/mol. The number of nitrogens with two attached hydrogens (primary N) is 1. The standard InChI is InChI=1S/C13H28N2O2/c1-16-10-11-17-9-3-8-15-7-2-4-13(12-15)5-6-14/h13H,2-12,14H2,1H3. The van der Waals surface area contributed by atoms with Crippen LogP contribution in [0.3, 0.4) is 0 Å². The number of rotatable bonds is 9. The van der Waals surface area contributed by atoms with Crippen LogP contribution in [0.2, 0.25) is 0 Å². The lowest BCUT2D eigenvalue weighted by atomic mass is 9.95. The van der Waals surface area contributed by atoms with Crippen LogP contribution in [0.5, 0.6) is 0 Å². The Morgan fingerprint density at radius 1 is 1.29 bits per heavy atom. The van der Waals surface area contributed by atoms with E-state index in [2.05, 4.69) is 4.90 Å². The normalized spacial score (nSPS) is 21.9. The van der Waals surface area contributed by atoms with Gasteiger partial charge in [-0.3, -0.25) is 0 Å². The van der Waals surface area contributed by atoms with Gasteiger partial charge in [0.15, 0.2) is 0 Å². The summed E-state index contributed by atoms with van der Waals surface area (Å²) < 4.78 is 10.4. The second-order valence-electron chi connectivity index (χ2n) is 4.84. The van der Waals surface area contributed by atoms with Gasteiger partial charge in [-0.05, 0) is 44.7 Å². The topological polar surface area (TPSA) is 47.7 Å². The van der Waals surface area contributed by atoms with Crippen molar-refractivity contribution in [2.75, 3.05) is 53.1 Å². The van der Waals surface area contributed by atoms with Crippen LogP contribution in [0, 0.1) is 5.92 Å². The van der Waals surface area contributed by atoms with E-state index in [-0.39, 0.29) is 0 Å². The third kappa shape index (κ3) is 6.99. The summed E-state index contributed by atoms with van der Waals surface area (Å²) in [5, 5.41) is 0. The van der Waals surface area contributed by atoms with Crippen molar-refractivity contribution in [3.05, 3.63) is 0 Å². The Morgan fingerprint density at radius 2 is 2.18 bits per heavy atom. The lowest BCUT2D eigenvalue weighted by Gasteiger charge is -2.32. The van der Waals surface area contributed by atoms with E-state index in [1.165, 1.54) is 32.4 Å². The Morgan fingerprint density at radius 3 is 2.94 bits per heavy atom. The summed E-state index contributed by atoms with van der Waals surface area (Å²) in [5.74, 6) is 0.822. The van der Waals surface area contributed by atoms with Crippen molar-refractivity contribution in [1.82, 2.24) is 4.90 Å². The molecule has 1 aliphatic rings. The Balaban J connectivity index is 1.98. The zero-order valence-electron chi connectivity index (χ0n) is 11.2. The molecule has 0 saturated carbocycles. The van der Waals surface area contributed by atoms with E-state index in [0.29, 0.717) is 13.2 Å². The molecule has 0 bridgehead atoms. The summed E-state index contributed by atoms with van der Waals surface area (Å²) in [6, 6.07) is 0. The molecule has 17 heavy (non-hydrogen) atoms. The lowest BCUT2D eigenvalue weighted by Crippen LogP contribution is -2.37. The second kappa shape index (κ2) is 9.83. The molecule has 0 aromatic rings. The largest absolute Gasteiger partial charge is 0.382 e. The van der Waals surface area contributed by atoms with E-state index >= 15 is 0 Å². The SMILES string of the molecule is COCCOCCCN1CCCC(CCN)C1. The number of ether oxygens (including phenoxy) is 2. The molecule has 0 amide bonds. The Bertz CT molecular complexity index is 177. The molecule has 0 aliphatic carbocycles. The number of piperidine rings is 1. The highest BCUT2D eigenvalue weighted by atomic mass is 16.5. The number of methoxy groups -OCH3 is 1. The fourth-order valence-electron chi connectivity index (χ4n) is 2.46. The minimum absolute atomic E-state index is 0.697. The van der Waals surface area contributed by atoms with E-state index in [9.17, 15) is 0 Å². The molecule has 1 unspecified atom stereocenters. The van der Waals surface area contributed by atoms with Crippen molar-refractivity contribution in [2.45, 2.75) is 25.7 Å². The van der Waals surface area contributed by atoms with E-state index in [1.807, 2.05) is 0 Å². The molecular weight excluding hydrogens is 216 g/mol. The maximum Gasteiger partial charge on any atom is 0.0700 e. The molecule has 1 saturated heterocycles. The van der Waals surface area contributed by atoms with Gasteiger partial charge in [0.25, 0.3) is 0 Å². The fourth-order valence-corrected chi connectivity index (χ4v) is 2.46. The molecule has 4 heteroatoms. The van der Waals surface area contributed by atoms with Gasteiger partial charge in [0.1, 0.15) is 0 Å². The highest BCUT2D eigenvalue weighted by Gasteiger charge is 2.18. The van der Waals surface area contributed by atoms with Crippen molar-refractivity contribution in [3.63, 3.8) is 0 Å². The maximum atomic E-state index is 5.62. The van der Waals surface area contributed by atoms with E-state index < -0.39 is 0 Å². The molecule has 1 rings (SSSR count). The van der Waals surface area contributed by atoms with Gasteiger partial charge in [0, 0.05) is 26.8 Å². The summed E-state index contributed by atoms with van der Waals surface area (Å²) in [6.45, 7) is 6.73. The maximum absolute atomic E-state index is 5.62. The predicted octanol–water partition coefficient (Wildman–Crippen LogP) is 1.10. The number of likely N-dealkylation sites (tertiary alicyclic amines) is 1. The van der Waals surface area contributed by atoms with Crippen molar-refractivity contribution in [3.8, 4) is 0 Å². The molecule has 1 atom stereocenters. The van der Waals surface area contributed by atoms with Gasteiger partial charge < -0.3 is 20.1 Å².